The third kappa shape index (κ3) is 1.46. The van der Waals surface area contributed by atoms with Gasteiger partial charge in [-0.05, 0) is 18.2 Å². The molecule has 0 fully saturated rings. The number of nitrogen functional groups attached to an aromatic ring is 1. The predicted molar refractivity (Wildman–Crippen MR) is 52.4 cm³/mol. The highest BCUT2D eigenvalue weighted by Gasteiger charge is 2.13. The first-order valence-electron chi connectivity index (χ1n) is 4.19. The molecule has 1 aromatic carbocycles. The topological polar surface area (TPSA) is 53.7 Å². The molecule has 1 aromatic rings. The van der Waals surface area contributed by atoms with Gasteiger partial charge in [-0.15, -0.1) is 0 Å². The Bertz CT molecular complexity index is 374. The van der Waals surface area contributed by atoms with E-state index in [2.05, 4.69) is 0 Å². The molecule has 1 aliphatic rings. The van der Waals surface area contributed by atoms with E-state index in [4.69, 9.17) is 19.9 Å². The molecule has 0 radical (unpaired) electrons. The van der Waals surface area contributed by atoms with Gasteiger partial charge in [-0.2, -0.15) is 0 Å². The van der Waals surface area contributed by atoms with Crippen LogP contribution in [0.25, 0.3) is 5.76 Å². The van der Waals surface area contributed by atoms with Crippen LogP contribution in [-0.2, 0) is 9.47 Å². The summed E-state index contributed by atoms with van der Waals surface area (Å²) in [6.45, 7) is 0.242. The maximum atomic E-state index is 5.79. The van der Waals surface area contributed by atoms with Crippen molar-refractivity contribution in [2.75, 3.05) is 19.6 Å². The molecule has 1 aliphatic heterocycles. The lowest BCUT2D eigenvalue weighted by Gasteiger charge is -2.07. The molecule has 74 valence electrons. The summed E-state index contributed by atoms with van der Waals surface area (Å²) >= 11 is 0. The Hall–Kier alpha value is -1.84. The lowest BCUT2D eigenvalue weighted by Crippen LogP contribution is -1.95. The largest absolute Gasteiger partial charge is 0.497 e. The van der Waals surface area contributed by atoms with E-state index in [1.807, 2.05) is 6.07 Å². The molecule has 0 saturated heterocycles. The van der Waals surface area contributed by atoms with Crippen molar-refractivity contribution in [3.05, 3.63) is 30.0 Å². The fraction of sp³-hybridized carbons (Fsp3) is 0.200. The quantitative estimate of drug-likeness (QED) is 0.724. The number of anilines is 1. The second kappa shape index (κ2) is 3.49. The average molecular weight is 193 g/mol. The molecule has 0 amide bonds. The molecule has 2 rings (SSSR count). The van der Waals surface area contributed by atoms with Gasteiger partial charge in [0.1, 0.15) is 12.0 Å². The minimum Gasteiger partial charge on any atom is -0.497 e. The number of nitrogens with two attached hydrogens (primary N) is 1. The minimum atomic E-state index is 0.242. The Morgan fingerprint density at radius 2 is 2.29 bits per heavy atom. The van der Waals surface area contributed by atoms with Crippen LogP contribution in [0.4, 0.5) is 5.69 Å². The number of hydrogen-bond donors (Lipinski definition) is 1. The van der Waals surface area contributed by atoms with Gasteiger partial charge in [0.25, 0.3) is 0 Å². The summed E-state index contributed by atoms with van der Waals surface area (Å²) in [6, 6.07) is 5.39. The summed E-state index contributed by atoms with van der Waals surface area (Å²) in [5, 5.41) is 0. The van der Waals surface area contributed by atoms with Crippen LogP contribution in [0.15, 0.2) is 24.5 Å². The van der Waals surface area contributed by atoms with E-state index in [9.17, 15) is 0 Å². The molecule has 0 aliphatic carbocycles. The van der Waals surface area contributed by atoms with Crippen LogP contribution in [0.1, 0.15) is 5.56 Å². The van der Waals surface area contributed by atoms with Crippen molar-refractivity contribution >= 4 is 11.4 Å². The maximum Gasteiger partial charge on any atom is 0.230 e. The van der Waals surface area contributed by atoms with Gasteiger partial charge in [0, 0.05) is 11.3 Å². The van der Waals surface area contributed by atoms with Crippen molar-refractivity contribution in [1.82, 2.24) is 0 Å². The molecule has 0 bridgehead atoms. The zero-order chi connectivity index (χ0) is 9.97. The second-order valence-electron chi connectivity index (χ2n) is 2.86. The van der Waals surface area contributed by atoms with E-state index < -0.39 is 0 Å². The van der Waals surface area contributed by atoms with Gasteiger partial charge in [0.2, 0.25) is 6.79 Å². The fourth-order valence-electron chi connectivity index (χ4n) is 1.26. The first kappa shape index (κ1) is 8.74. The summed E-state index contributed by atoms with van der Waals surface area (Å²) in [6.07, 6.45) is 1.55. The van der Waals surface area contributed by atoms with Gasteiger partial charge in [-0.25, -0.2) is 0 Å². The van der Waals surface area contributed by atoms with Crippen LogP contribution >= 0.6 is 0 Å². The van der Waals surface area contributed by atoms with Crippen molar-refractivity contribution < 1.29 is 14.2 Å². The first-order chi connectivity index (χ1) is 6.81. The van der Waals surface area contributed by atoms with Crippen LogP contribution in [0.5, 0.6) is 5.75 Å². The maximum absolute atomic E-state index is 5.79. The molecular weight excluding hydrogens is 182 g/mol. The Labute approximate surface area is 81.9 Å². The molecular formula is C10H11NO3. The molecule has 2 N–H and O–H groups in total. The van der Waals surface area contributed by atoms with Crippen LogP contribution < -0.4 is 10.5 Å². The van der Waals surface area contributed by atoms with Gasteiger partial charge in [0.05, 0.1) is 7.11 Å². The lowest BCUT2D eigenvalue weighted by molar-refractivity contribution is 0.100. The minimum absolute atomic E-state index is 0.242. The number of ether oxygens (including phenoxy) is 3. The van der Waals surface area contributed by atoms with E-state index in [1.54, 1.807) is 25.5 Å². The highest BCUT2D eigenvalue weighted by molar-refractivity contribution is 5.72. The van der Waals surface area contributed by atoms with E-state index in [0.717, 1.165) is 11.3 Å². The Balaban J connectivity index is 2.40. The summed E-state index contributed by atoms with van der Waals surface area (Å²) in [7, 11) is 1.61. The molecule has 0 atom stereocenters. The van der Waals surface area contributed by atoms with Gasteiger partial charge in [-0.1, -0.05) is 0 Å². The number of rotatable bonds is 2. The molecule has 0 aromatic heterocycles. The van der Waals surface area contributed by atoms with Gasteiger partial charge < -0.3 is 19.9 Å². The van der Waals surface area contributed by atoms with Gasteiger partial charge in [-0.3, -0.25) is 0 Å². The summed E-state index contributed by atoms with van der Waals surface area (Å²) < 4.78 is 15.3. The second-order valence-corrected chi connectivity index (χ2v) is 2.86. The predicted octanol–water partition coefficient (Wildman–Crippen LogP) is 1.58. The monoisotopic (exact) mass is 193 g/mol. The third-order valence-corrected chi connectivity index (χ3v) is 2.00. The van der Waals surface area contributed by atoms with E-state index in [0.29, 0.717) is 11.4 Å². The number of methoxy groups -OCH3 is 1. The zero-order valence-corrected chi connectivity index (χ0v) is 7.82. The zero-order valence-electron chi connectivity index (χ0n) is 7.82. The smallest absolute Gasteiger partial charge is 0.230 e. The van der Waals surface area contributed by atoms with Crippen molar-refractivity contribution in [1.29, 1.82) is 0 Å². The summed E-state index contributed by atoms with van der Waals surface area (Å²) in [4.78, 5) is 0. The van der Waals surface area contributed by atoms with Crippen molar-refractivity contribution in [3.8, 4) is 5.75 Å². The average Bonchev–Trinajstić information content (AvgIpc) is 2.71. The van der Waals surface area contributed by atoms with Gasteiger partial charge in [0.15, 0.2) is 5.76 Å². The normalized spacial score (nSPS) is 14.2. The molecule has 0 unspecified atom stereocenters. The Morgan fingerprint density at radius 3 is 2.93 bits per heavy atom. The van der Waals surface area contributed by atoms with Crippen LogP contribution in [0.2, 0.25) is 0 Å². The summed E-state index contributed by atoms with van der Waals surface area (Å²) in [5.74, 6) is 1.38. The van der Waals surface area contributed by atoms with E-state index in [-0.39, 0.29) is 6.79 Å². The molecule has 4 heteroatoms. The molecule has 0 spiro atoms. The highest BCUT2D eigenvalue weighted by atomic mass is 16.7. The molecule has 1 heterocycles. The molecule has 14 heavy (non-hydrogen) atoms. The molecule has 0 saturated carbocycles. The van der Waals surface area contributed by atoms with E-state index >= 15 is 0 Å². The van der Waals surface area contributed by atoms with Crippen LogP contribution in [0, 0.1) is 0 Å². The number of hydrogen-bond acceptors (Lipinski definition) is 4. The van der Waals surface area contributed by atoms with E-state index in [1.165, 1.54) is 0 Å². The SMILES string of the molecule is COc1ccc(N)c(C2=COCO2)c1. The fourth-order valence-corrected chi connectivity index (χ4v) is 1.26. The lowest BCUT2D eigenvalue weighted by atomic mass is 10.1. The first-order valence-corrected chi connectivity index (χ1v) is 4.19. The van der Waals surface area contributed by atoms with Crippen molar-refractivity contribution in [3.63, 3.8) is 0 Å². The highest BCUT2D eigenvalue weighted by Crippen LogP contribution is 2.28. The Morgan fingerprint density at radius 1 is 1.43 bits per heavy atom. The standard InChI is InChI=1S/C10H11NO3/c1-12-7-2-3-9(11)8(4-7)10-5-13-6-14-10/h2-5H,6,11H2,1H3. The Kier molecular flexibility index (Phi) is 2.18. The third-order valence-electron chi connectivity index (χ3n) is 2.00. The summed E-state index contributed by atoms with van der Waals surface area (Å²) in [5.41, 5.74) is 7.23. The number of benzene rings is 1. The van der Waals surface area contributed by atoms with Crippen LogP contribution in [0.3, 0.4) is 0 Å². The molecule has 4 nitrogen and oxygen atoms in total. The van der Waals surface area contributed by atoms with Gasteiger partial charge >= 0.3 is 0 Å². The van der Waals surface area contributed by atoms with Crippen molar-refractivity contribution in [2.24, 2.45) is 0 Å². The van der Waals surface area contributed by atoms with Crippen molar-refractivity contribution in [2.45, 2.75) is 0 Å². The van der Waals surface area contributed by atoms with Crippen LogP contribution in [-0.4, -0.2) is 13.9 Å².